The van der Waals surface area contributed by atoms with E-state index in [2.05, 4.69) is 4.98 Å². The second kappa shape index (κ2) is 5.84. The molecular formula is C14H13N3O3S. The number of carbonyl (C=O) groups is 1. The topological polar surface area (TPSA) is 78.8 Å². The van der Waals surface area contributed by atoms with E-state index in [9.17, 15) is 4.79 Å². The maximum atomic E-state index is 11.6. The number of imidazole rings is 1. The van der Waals surface area contributed by atoms with Gasteiger partial charge in [-0.1, -0.05) is 0 Å². The quantitative estimate of drug-likeness (QED) is 0.577. The fraction of sp³-hybridized carbons (Fsp3) is 0.143. The summed E-state index contributed by atoms with van der Waals surface area (Å²) in [6.07, 6.45) is 3.74. The van der Waals surface area contributed by atoms with Crippen molar-refractivity contribution in [3.8, 4) is 5.75 Å². The van der Waals surface area contributed by atoms with Gasteiger partial charge in [0.25, 0.3) is 0 Å². The smallest absolute Gasteiger partial charge is 0.344 e. The Hall–Kier alpha value is -2.54. The molecule has 0 unspecified atom stereocenters. The lowest BCUT2D eigenvalue weighted by atomic mass is 10.3. The van der Waals surface area contributed by atoms with Gasteiger partial charge in [0.1, 0.15) is 12.4 Å². The minimum absolute atomic E-state index is 0.137. The lowest BCUT2D eigenvalue weighted by Gasteiger charge is -2.06. The Bertz CT molecular complexity index is 720. The van der Waals surface area contributed by atoms with Crippen molar-refractivity contribution in [2.24, 2.45) is 0 Å². The number of anilines is 1. The van der Waals surface area contributed by atoms with E-state index >= 15 is 0 Å². The molecule has 0 radical (unpaired) electrons. The molecule has 0 aliphatic carbocycles. The van der Waals surface area contributed by atoms with Crippen molar-refractivity contribution in [1.29, 1.82) is 0 Å². The van der Waals surface area contributed by atoms with E-state index < -0.39 is 5.97 Å². The number of aromatic nitrogens is 2. The molecule has 0 fully saturated rings. The van der Waals surface area contributed by atoms with Crippen molar-refractivity contribution >= 4 is 28.0 Å². The van der Waals surface area contributed by atoms with Gasteiger partial charge in [0.2, 0.25) is 0 Å². The van der Waals surface area contributed by atoms with Gasteiger partial charge >= 0.3 is 5.97 Å². The Morgan fingerprint density at radius 1 is 1.33 bits per heavy atom. The third kappa shape index (κ3) is 3.32. The second-order valence-corrected chi connectivity index (χ2v) is 5.22. The molecule has 0 aliphatic heterocycles. The number of nitrogens with two attached hydrogens (primary N) is 1. The molecule has 0 spiro atoms. The van der Waals surface area contributed by atoms with Crippen molar-refractivity contribution in [1.82, 2.24) is 9.38 Å². The van der Waals surface area contributed by atoms with Crippen LogP contribution >= 0.6 is 11.3 Å². The molecule has 0 saturated carbocycles. The first kappa shape index (κ1) is 13.4. The molecule has 2 heterocycles. The molecule has 2 N–H and O–H groups in total. The van der Waals surface area contributed by atoms with Crippen molar-refractivity contribution in [2.75, 3.05) is 12.3 Å². The van der Waals surface area contributed by atoms with Gasteiger partial charge in [-0.05, 0) is 24.3 Å². The van der Waals surface area contributed by atoms with Gasteiger partial charge in [0.15, 0.2) is 11.6 Å². The summed E-state index contributed by atoms with van der Waals surface area (Å²) in [6.45, 7) is -0.00946. The number of benzene rings is 1. The standard InChI is InChI=1S/C14H13N3O3S/c15-10-1-3-12(4-2-10)19-9-13(18)20-8-11-7-17-5-6-21-14(17)16-11/h1-7H,8-9,15H2. The number of fused-ring (bicyclic) bond motifs is 1. The zero-order valence-electron chi connectivity index (χ0n) is 11.1. The highest BCUT2D eigenvalue weighted by Gasteiger charge is 2.08. The van der Waals surface area contributed by atoms with Gasteiger partial charge in [-0.25, -0.2) is 9.78 Å². The van der Waals surface area contributed by atoms with Crippen molar-refractivity contribution in [2.45, 2.75) is 6.61 Å². The molecule has 0 saturated heterocycles. The maximum absolute atomic E-state index is 11.6. The van der Waals surface area contributed by atoms with Gasteiger partial charge in [-0.15, -0.1) is 11.3 Å². The Labute approximate surface area is 124 Å². The molecule has 3 aromatic rings. The molecule has 108 valence electrons. The SMILES string of the molecule is Nc1ccc(OCC(=O)OCc2cn3ccsc3n2)cc1. The minimum Gasteiger partial charge on any atom is -0.482 e. The lowest BCUT2D eigenvalue weighted by molar-refractivity contribution is -0.147. The van der Waals surface area contributed by atoms with Crippen molar-refractivity contribution in [3.05, 3.63) is 47.7 Å². The third-order valence-corrected chi connectivity index (χ3v) is 3.53. The van der Waals surface area contributed by atoms with Gasteiger partial charge in [0, 0.05) is 23.5 Å². The van der Waals surface area contributed by atoms with Crippen LogP contribution in [-0.4, -0.2) is 22.0 Å². The zero-order valence-corrected chi connectivity index (χ0v) is 11.9. The average Bonchev–Trinajstić information content (AvgIpc) is 3.05. The summed E-state index contributed by atoms with van der Waals surface area (Å²) in [5, 5.41) is 1.94. The Morgan fingerprint density at radius 3 is 2.90 bits per heavy atom. The molecular weight excluding hydrogens is 290 g/mol. The van der Waals surface area contributed by atoms with E-state index in [0.29, 0.717) is 17.1 Å². The predicted molar refractivity (Wildman–Crippen MR) is 79.2 cm³/mol. The number of carbonyl (C=O) groups excluding carboxylic acids is 1. The second-order valence-electron chi connectivity index (χ2n) is 4.34. The lowest BCUT2D eigenvalue weighted by Crippen LogP contribution is -2.14. The number of esters is 1. The number of ether oxygens (including phenoxy) is 2. The number of hydrogen-bond acceptors (Lipinski definition) is 6. The van der Waals surface area contributed by atoms with E-state index in [1.807, 2.05) is 22.2 Å². The van der Waals surface area contributed by atoms with Crippen LogP contribution < -0.4 is 10.5 Å². The van der Waals surface area contributed by atoms with Crippen LogP contribution in [0, 0.1) is 0 Å². The van der Waals surface area contributed by atoms with Gasteiger partial charge < -0.3 is 15.2 Å². The fourth-order valence-corrected chi connectivity index (χ4v) is 2.47. The third-order valence-electron chi connectivity index (χ3n) is 2.76. The van der Waals surface area contributed by atoms with Crippen LogP contribution in [0.4, 0.5) is 5.69 Å². The summed E-state index contributed by atoms with van der Waals surface area (Å²) in [4.78, 5) is 16.8. The first-order valence-corrected chi connectivity index (χ1v) is 7.14. The molecule has 0 bridgehead atoms. The molecule has 2 aromatic heterocycles. The van der Waals surface area contributed by atoms with Crippen LogP contribution in [0.3, 0.4) is 0 Å². The molecule has 3 rings (SSSR count). The molecule has 0 amide bonds. The molecule has 1 aromatic carbocycles. The Morgan fingerprint density at radius 2 is 2.14 bits per heavy atom. The van der Waals surface area contributed by atoms with E-state index in [1.54, 1.807) is 24.3 Å². The average molecular weight is 303 g/mol. The highest BCUT2D eigenvalue weighted by molar-refractivity contribution is 7.15. The minimum atomic E-state index is -0.442. The van der Waals surface area contributed by atoms with Crippen LogP contribution in [0.5, 0.6) is 5.75 Å². The normalized spacial score (nSPS) is 10.7. The van der Waals surface area contributed by atoms with Crippen LogP contribution in [0.25, 0.3) is 4.96 Å². The van der Waals surface area contributed by atoms with E-state index in [1.165, 1.54) is 11.3 Å². The molecule has 0 atom stereocenters. The summed E-state index contributed by atoms with van der Waals surface area (Å²) in [6, 6.07) is 6.81. The molecule has 21 heavy (non-hydrogen) atoms. The van der Waals surface area contributed by atoms with E-state index in [4.69, 9.17) is 15.2 Å². The Balaban J connectivity index is 1.48. The number of nitrogens with zero attached hydrogens (tertiary/aromatic N) is 2. The first-order chi connectivity index (χ1) is 10.2. The highest BCUT2D eigenvalue weighted by Crippen LogP contribution is 2.14. The Kier molecular flexibility index (Phi) is 3.74. The number of hydrogen-bond donors (Lipinski definition) is 1. The van der Waals surface area contributed by atoms with Crippen LogP contribution in [0.1, 0.15) is 5.69 Å². The predicted octanol–water partition coefficient (Wildman–Crippen LogP) is 2.10. The highest BCUT2D eigenvalue weighted by atomic mass is 32.1. The number of rotatable bonds is 5. The summed E-state index contributed by atoms with van der Waals surface area (Å²) < 4.78 is 12.3. The number of nitrogen functional groups attached to an aromatic ring is 1. The van der Waals surface area contributed by atoms with Gasteiger partial charge in [0.05, 0.1) is 5.69 Å². The zero-order chi connectivity index (χ0) is 14.7. The molecule has 6 nitrogen and oxygen atoms in total. The summed E-state index contributed by atoms with van der Waals surface area (Å²) in [5.41, 5.74) is 6.92. The van der Waals surface area contributed by atoms with Crippen molar-refractivity contribution in [3.63, 3.8) is 0 Å². The molecule has 7 heteroatoms. The van der Waals surface area contributed by atoms with E-state index in [0.717, 1.165) is 4.96 Å². The van der Waals surface area contributed by atoms with Crippen LogP contribution in [-0.2, 0) is 16.1 Å². The first-order valence-electron chi connectivity index (χ1n) is 6.26. The summed E-state index contributed by atoms with van der Waals surface area (Å²) >= 11 is 1.53. The van der Waals surface area contributed by atoms with Gasteiger partial charge in [-0.2, -0.15) is 0 Å². The molecule has 0 aliphatic rings. The summed E-state index contributed by atoms with van der Waals surface area (Å²) in [5.74, 6) is 0.131. The fourth-order valence-electron chi connectivity index (χ4n) is 1.75. The summed E-state index contributed by atoms with van der Waals surface area (Å²) in [7, 11) is 0. The largest absolute Gasteiger partial charge is 0.482 e. The monoisotopic (exact) mass is 303 g/mol. The van der Waals surface area contributed by atoms with Crippen LogP contribution in [0.15, 0.2) is 42.0 Å². The van der Waals surface area contributed by atoms with Crippen molar-refractivity contribution < 1.29 is 14.3 Å². The number of thiazole rings is 1. The van der Waals surface area contributed by atoms with Gasteiger partial charge in [-0.3, -0.25) is 4.40 Å². The van der Waals surface area contributed by atoms with Crippen LogP contribution in [0.2, 0.25) is 0 Å². The maximum Gasteiger partial charge on any atom is 0.344 e. The van der Waals surface area contributed by atoms with E-state index in [-0.39, 0.29) is 13.2 Å².